The average Bonchev–Trinajstić information content (AvgIpc) is 3.33. The standard InChI is InChI=1S/C29H37N5O6/c1-16(2)25(34-27(37)24(30)17(3)35)28(38)32-22(13-18-9-5-4-6-10-18)26(36)33-23(29(39)40)14-19-15-31-21-12-8-7-11-20(19)21/h4-12,15-17,22-25,31,35H,13-14,30H2,1-3H3,(H,32,38)(H,33,36)(H,34,37)(H,39,40). The molecule has 0 bridgehead atoms. The summed E-state index contributed by atoms with van der Waals surface area (Å²) in [6.45, 7) is 4.79. The summed E-state index contributed by atoms with van der Waals surface area (Å²) < 4.78 is 0. The van der Waals surface area contributed by atoms with Crippen LogP contribution < -0.4 is 21.7 Å². The Labute approximate surface area is 232 Å². The van der Waals surface area contributed by atoms with Gasteiger partial charge in [-0.15, -0.1) is 0 Å². The van der Waals surface area contributed by atoms with Crippen LogP contribution in [0.1, 0.15) is 31.9 Å². The van der Waals surface area contributed by atoms with Crippen molar-refractivity contribution in [1.29, 1.82) is 0 Å². The van der Waals surface area contributed by atoms with Crippen LogP contribution in [0.15, 0.2) is 60.8 Å². The van der Waals surface area contributed by atoms with Gasteiger partial charge >= 0.3 is 5.97 Å². The summed E-state index contributed by atoms with van der Waals surface area (Å²) >= 11 is 0. The number of para-hydroxylation sites is 1. The molecule has 11 heteroatoms. The predicted octanol–water partition coefficient (Wildman–Crippen LogP) is 0.856. The molecule has 1 heterocycles. The number of amides is 3. The Balaban J connectivity index is 1.81. The second kappa shape index (κ2) is 13.7. The van der Waals surface area contributed by atoms with E-state index in [0.717, 1.165) is 22.0 Å². The summed E-state index contributed by atoms with van der Waals surface area (Å²) in [5.74, 6) is -3.63. The van der Waals surface area contributed by atoms with Gasteiger partial charge in [0.2, 0.25) is 17.7 Å². The zero-order valence-corrected chi connectivity index (χ0v) is 22.8. The molecule has 40 heavy (non-hydrogen) atoms. The Morgan fingerprint density at radius 3 is 2.08 bits per heavy atom. The largest absolute Gasteiger partial charge is 0.480 e. The number of aromatic nitrogens is 1. The van der Waals surface area contributed by atoms with Crippen molar-refractivity contribution in [3.05, 3.63) is 71.9 Å². The number of carboxylic acids is 1. The molecule has 0 saturated heterocycles. The van der Waals surface area contributed by atoms with Gasteiger partial charge in [0.15, 0.2) is 0 Å². The van der Waals surface area contributed by atoms with Gasteiger partial charge in [-0.3, -0.25) is 14.4 Å². The molecular weight excluding hydrogens is 514 g/mol. The molecule has 0 aliphatic carbocycles. The van der Waals surface area contributed by atoms with Crippen molar-refractivity contribution in [3.8, 4) is 0 Å². The fraction of sp³-hybridized carbons (Fsp3) is 0.379. The molecule has 3 aromatic rings. The fourth-order valence-corrected chi connectivity index (χ4v) is 4.32. The number of nitrogens with two attached hydrogens (primary N) is 1. The number of fused-ring (bicyclic) bond motifs is 1. The maximum atomic E-state index is 13.5. The van der Waals surface area contributed by atoms with Crippen molar-refractivity contribution in [2.75, 3.05) is 0 Å². The van der Waals surface area contributed by atoms with Gasteiger partial charge in [0.05, 0.1) is 6.10 Å². The topological polar surface area (TPSA) is 187 Å². The molecule has 1 aromatic heterocycles. The maximum absolute atomic E-state index is 13.5. The van der Waals surface area contributed by atoms with Crippen molar-refractivity contribution in [1.82, 2.24) is 20.9 Å². The van der Waals surface area contributed by atoms with Gasteiger partial charge in [-0.25, -0.2) is 4.79 Å². The number of nitrogens with one attached hydrogen (secondary N) is 4. The highest BCUT2D eigenvalue weighted by atomic mass is 16.4. The number of benzene rings is 2. The van der Waals surface area contributed by atoms with Crippen LogP contribution in [0.5, 0.6) is 0 Å². The second-order valence-electron chi connectivity index (χ2n) is 10.2. The third-order valence-corrected chi connectivity index (χ3v) is 6.70. The number of aromatic amines is 1. The summed E-state index contributed by atoms with van der Waals surface area (Å²) in [5, 5.41) is 28.2. The third kappa shape index (κ3) is 7.90. The van der Waals surface area contributed by atoms with E-state index in [-0.39, 0.29) is 18.8 Å². The lowest BCUT2D eigenvalue weighted by Gasteiger charge is -2.27. The number of carbonyl (C=O) groups is 4. The molecule has 0 spiro atoms. The Hall–Kier alpha value is -4.22. The highest BCUT2D eigenvalue weighted by molar-refractivity contribution is 5.94. The Morgan fingerprint density at radius 1 is 0.825 bits per heavy atom. The number of carbonyl (C=O) groups excluding carboxylic acids is 3. The van der Waals surface area contributed by atoms with Crippen LogP contribution in [0.4, 0.5) is 0 Å². The van der Waals surface area contributed by atoms with Gasteiger partial charge in [-0.2, -0.15) is 0 Å². The second-order valence-corrected chi connectivity index (χ2v) is 10.2. The minimum absolute atomic E-state index is 0.0268. The number of carboxylic acid groups (broad SMARTS) is 1. The van der Waals surface area contributed by atoms with Crippen molar-refractivity contribution in [2.45, 2.75) is 63.9 Å². The van der Waals surface area contributed by atoms with E-state index >= 15 is 0 Å². The Bertz CT molecular complexity index is 1320. The minimum atomic E-state index is -1.26. The molecule has 8 N–H and O–H groups in total. The summed E-state index contributed by atoms with van der Waals surface area (Å²) in [7, 11) is 0. The van der Waals surface area contributed by atoms with Crippen molar-refractivity contribution < 1.29 is 29.4 Å². The van der Waals surface area contributed by atoms with Gasteiger partial charge in [0.1, 0.15) is 24.2 Å². The van der Waals surface area contributed by atoms with Crippen molar-refractivity contribution in [3.63, 3.8) is 0 Å². The third-order valence-electron chi connectivity index (χ3n) is 6.70. The van der Waals surface area contributed by atoms with E-state index in [0.29, 0.717) is 0 Å². The van der Waals surface area contributed by atoms with Crippen molar-refractivity contribution in [2.24, 2.45) is 11.7 Å². The molecule has 0 fully saturated rings. The van der Waals surface area contributed by atoms with Crippen molar-refractivity contribution >= 4 is 34.6 Å². The van der Waals surface area contributed by atoms with Crippen LogP contribution in [0, 0.1) is 5.92 Å². The number of H-pyrrole nitrogens is 1. The first kappa shape index (κ1) is 30.3. The lowest BCUT2D eigenvalue weighted by molar-refractivity contribution is -0.142. The number of aliphatic carboxylic acids is 1. The zero-order valence-electron chi connectivity index (χ0n) is 22.8. The summed E-state index contributed by atoms with van der Waals surface area (Å²) in [6.07, 6.45) is 0.699. The van der Waals surface area contributed by atoms with Gasteiger partial charge in [-0.1, -0.05) is 62.4 Å². The summed E-state index contributed by atoms with van der Waals surface area (Å²) in [4.78, 5) is 54.5. The average molecular weight is 552 g/mol. The number of aliphatic hydroxyl groups excluding tert-OH is 1. The lowest BCUT2D eigenvalue weighted by atomic mass is 9.99. The van der Waals surface area contributed by atoms with Gasteiger partial charge in [0, 0.05) is 29.9 Å². The molecule has 214 valence electrons. The molecular formula is C29H37N5O6. The molecule has 2 aromatic carbocycles. The molecule has 5 unspecified atom stereocenters. The molecule has 0 radical (unpaired) electrons. The smallest absolute Gasteiger partial charge is 0.326 e. The first-order chi connectivity index (χ1) is 19.0. The summed E-state index contributed by atoms with van der Waals surface area (Å²) in [5.41, 5.74) is 8.03. The maximum Gasteiger partial charge on any atom is 0.326 e. The van der Waals surface area contributed by atoms with Crippen LogP contribution in [0.3, 0.4) is 0 Å². The van der Waals surface area contributed by atoms with Gasteiger partial charge < -0.3 is 36.9 Å². The van der Waals surface area contributed by atoms with Crippen LogP contribution in [0.25, 0.3) is 10.9 Å². The van der Waals surface area contributed by atoms with Crippen LogP contribution in [0.2, 0.25) is 0 Å². The monoisotopic (exact) mass is 551 g/mol. The quantitative estimate of drug-likeness (QED) is 0.164. The normalized spacial score (nSPS) is 15.1. The van der Waals surface area contributed by atoms with E-state index in [4.69, 9.17) is 5.73 Å². The van der Waals surface area contributed by atoms with Crippen LogP contribution in [-0.2, 0) is 32.0 Å². The first-order valence-corrected chi connectivity index (χ1v) is 13.1. The lowest BCUT2D eigenvalue weighted by Crippen LogP contribution is -2.59. The Morgan fingerprint density at radius 2 is 1.45 bits per heavy atom. The molecule has 0 aliphatic heterocycles. The van der Waals surface area contributed by atoms with E-state index < -0.39 is 54.0 Å². The van der Waals surface area contributed by atoms with E-state index in [1.165, 1.54) is 6.92 Å². The highest BCUT2D eigenvalue weighted by Crippen LogP contribution is 2.19. The minimum Gasteiger partial charge on any atom is -0.480 e. The first-order valence-electron chi connectivity index (χ1n) is 13.1. The van der Waals surface area contributed by atoms with E-state index in [1.807, 2.05) is 30.3 Å². The van der Waals surface area contributed by atoms with Crippen LogP contribution >= 0.6 is 0 Å². The number of aliphatic hydroxyl groups is 1. The Kier molecular flexibility index (Phi) is 10.4. The number of hydrogen-bond donors (Lipinski definition) is 7. The van der Waals surface area contributed by atoms with Crippen LogP contribution in [-0.4, -0.2) is 69.2 Å². The number of rotatable bonds is 13. The van der Waals surface area contributed by atoms with E-state index in [9.17, 15) is 29.4 Å². The molecule has 3 rings (SSSR count). The highest BCUT2D eigenvalue weighted by Gasteiger charge is 2.32. The van der Waals surface area contributed by atoms with Gasteiger partial charge in [-0.05, 0) is 30.0 Å². The molecule has 0 aliphatic rings. The van der Waals surface area contributed by atoms with E-state index in [2.05, 4.69) is 20.9 Å². The molecule has 11 nitrogen and oxygen atoms in total. The number of hydrogen-bond acceptors (Lipinski definition) is 6. The van der Waals surface area contributed by atoms with Gasteiger partial charge in [0.25, 0.3) is 0 Å². The summed E-state index contributed by atoms with van der Waals surface area (Å²) in [6, 6.07) is 11.7. The fourth-order valence-electron chi connectivity index (χ4n) is 4.32. The van der Waals surface area contributed by atoms with E-state index in [1.54, 1.807) is 44.3 Å². The molecule has 3 amide bonds. The predicted molar refractivity (Wildman–Crippen MR) is 150 cm³/mol. The molecule has 5 atom stereocenters. The molecule has 0 saturated carbocycles. The SMILES string of the molecule is CC(C)C(NC(=O)C(N)C(C)O)C(=O)NC(Cc1ccccc1)C(=O)NC(Cc1c[nH]c2ccccc12)C(=O)O. The zero-order chi connectivity index (χ0) is 29.4.